The summed E-state index contributed by atoms with van der Waals surface area (Å²) in [7, 11) is 0. The molecule has 0 aromatic heterocycles. The molecule has 7 nitrogen and oxygen atoms in total. The molecule has 2 aliphatic heterocycles. The molecule has 2 unspecified atom stereocenters. The summed E-state index contributed by atoms with van der Waals surface area (Å²) >= 11 is 3.25. The number of alkyl halides is 2. The van der Waals surface area contributed by atoms with Crippen LogP contribution in [0.5, 0.6) is 5.75 Å². The van der Waals surface area contributed by atoms with E-state index in [2.05, 4.69) is 21.2 Å². The summed E-state index contributed by atoms with van der Waals surface area (Å²) in [4.78, 5) is 28.7. The standard InChI is InChI=1S/C33H36BrF2N3O4/c34-23-10-8-22(9-11-23)33(35,36)30(32(42)39-25-12-13-26(39)18-24(37)17-25)38-31(41)29(40)21-6-5-20-16-28(14-7-19(20)15-21)43-27-3-1-2-4-27/h5-11,14-16,24-27,29-30,40H,1-4,12-13,17-18,37H2,(H,38,41)/t24?,25?,26?,29-,30+/m0/s1. The molecule has 10 heteroatoms. The van der Waals surface area contributed by atoms with Crippen molar-refractivity contribution >= 4 is 38.5 Å². The van der Waals surface area contributed by atoms with Gasteiger partial charge < -0.3 is 25.8 Å². The first-order valence-electron chi connectivity index (χ1n) is 15.0. The first kappa shape index (κ1) is 30.0. The number of halogens is 3. The monoisotopic (exact) mass is 655 g/mol. The molecule has 1 aliphatic carbocycles. The van der Waals surface area contributed by atoms with Crippen LogP contribution < -0.4 is 15.8 Å². The maximum absolute atomic E-state index is 16.1. The number of amides is 2. The average molecular weight is 657 g/mol. The largest absolute Gasteiger partial charge is 0.490 e. The van der Waals surface area contributed by atoms with Gasteiger partial charge in [-0.25, -0.2) is 0 Å². The van der Waals surface area contributed by atoms with Crippen LogP contribution in [0.3, 0.4) is 0 Å². The number of carbonyl (C=O) groups excluding carboxylic acids is 2. The topological polar surface area (TPSA) is 105 Å². The minimum absolute atomic E-state index is 0.0957. The minimum Gasteiger partial charge on any atom is -0.490 e. The van der Waals surface area contributed by atoms with Gasteiger partial charge in [0.25, 0.3) is 11.8 Å². The number of aliphatic hydroxyl groups excluding tert-OH is 1. The van der Waals surface area contributed by atoms with Crippen LogP contribution in [0, 0.1) is 0 Å². The molecular formula is C33H36BrF2N3O4. The number of hydrogen-bond acceptors (Lipinski definition) is 5. The fourth-order valence-electron chi connectivity index (χ4n) is 6.93. The lowest BCUT2D eigenvalue weighted by Gasteiger charge is -2.41. The predicted molar refractivity (Wildman–Crippen MR) is 163 cm³/mol. The van der Waals surface area contributed by atoms with Crippen LogP contribution in [0.4, 0.5) is 8.78 Å². The fraction of sp³-hybridized carbons (Fsp3) is 0.455. The number of nitrogens with zero attached hydrogens (tertiary/aromatic N) is 1. The fourth-order valence-corrected chi connectivity index (χ4v) is 7.20. The highest BCUT2D eigenvalue weighted by molar-refractivity contribution is 9.10. The zero-order valence-corrected chi connectivity index (χ0v) is 25.3. The zero-order chi connectivity index (χ0) is 30.3. The number of hydrogen-bond donors (Lipinski definition) is 3. The average Bonchev–Trinajstić information content (AvgIpc) is 3.60. The maximum Gasteiger partial charge on any atom is 0.302 e. The number of ether oxygens (including phenoxy) is 1. The highest BCUT2D eigenvalue weighted by Gasteiger charge is 2.53. The molecular weight excluding hydrogens is 620 g/mol. The Morgan fingerprint density at radius 2 is 1.58 bits per heavy atom. The first-order valence-corrected chi connectivity index (χ1v) is 15.8. The van der Waals surface area contributed by atoms with E-state index in [9.17, 15) is 14.7 Å². The van der Waals surface area contributed by atoms with Crippen LogP contribution in [0.1, 0.15) is 68.6 Å². The maximum atomic E-state index is 16.1. The molecule has 0 radical (unpaired) electrons. The number of nitrogens with two attached hydrogens (primary N) is 1. The number of nitrogens with one attached hydrogen (secondary N) is 1. The number of aliphatic hydroxyl groups is 1. The highest BCUT2D eigenvalue weighted by atomic mass is 79.9. The van der Waals surface area contributed by atoms with Gasteiger partial charge in [0.2, 0.25) is 0 Å². The molecule has 4 N–H and O–H groups in total. The molecule has 3 aliphatic rings. The van der Waals surface area contributed by atoms with E-state index in [1.54, 1.807) is 18.2 Å². The van der Waals surface area contributed by atoms with Gasteiger partial charge in [-0.05, 0) is 98.0 Å². The Balaban J connectivity index is 1.24. The van der Waals surface area contributed by atoms with E-state index in [0.717, 1.165) is 42.2 Å². The summed E-state index contributed by atoms with van der Waals surface area (Å²) < 4.78 is 39.0. The van der Waals surface area contributed by atoms with Crippen LogP contribution >= 0.6 is 15.9 Å². The van der Waals surface area contributed by atoms with Crippen molar-refractivity contribution in [2.45, 2.75) is 93.7 Å². The molecule has 3 aromatic carbocycles. The summed E-state index contributed by atoms with van der Waals surface area (Å²) in [5, 5.41) is 14.9. The third-order valence-corrected chi connectivity index (χ3v) is 9.68. The number of rotatable bonds is 8. The Morgan fingerprint density at radius 3 is 2.26 bits per heavy atom. The Labute approximate surface area is 257 Å². The third-order valence-electron chi connectivity index (χ3n) is 9.15. The van der Waals surface area contributed by atoms with E-state index in [4.69, 9.17) is 10.5 Å². The van der Waals surface area contributed by atoms with E-state index >= 15 is 8.78 Å². The highest BCUT2D eigenvalue weighted by Crippen LogP contribution is 2.40. The molecule has 6 rings (SSSR count). The van der Waals surface area contributed by atoms with Crippen molar-refractivity contribution in [3.8, 4) is 5.75 Å². The normalized spacial score (nSPS) is 23.7. The number of carbonyl (C=O) groups is 2. The van der Waals surface area contributed by atoms with Gasteiger partial charge in [-0.2, -0.15) is 8.78 Å². The zero-order valence-electron chi connectivity index (χ0n) is 23.7. The molecule has 3 fully saturated rings. The molecule has 4 atom stereocenters. The molecule has 43 heavy (non-hydrogen) atoms. The Bertz CT molecular complexity index is 1480. The smallest absolute Gasteiger partial charge is 0.302 e. The lowest BCUT2D eigenvalue weighted by atomic mass is 9.94. The van der Waals surface area contributed by atoms with Crippen molar-refractivity contribution in [3.63, 3.8) is 0 Å². The Kier molecular flexibility index (Phi) is 8.45. The second kappa shape index (κ2) is 12.1. The van der Waals surface area contributed by atoms with Crippen molar-refractivity contribution in [2.75, 3.05) is 0 Å². The molecule has 2 saturated heterocycles. The van der Waals surface area contributed by atoms with Crippen molar-refractivity contribution < 1.29 is 28.2 Å². The van der Waals surface area contributed by atoms with Crippen molar-refractivity contribution in [1.82, 2.24) is 10.2 Å². The lowest BCUT2D eigenvalue weighted by molar-refractivity contribution is -0.155. The molecule has 228 valence electrons. The van der Waals surface area contributed by atoms with Crippen LogP contribution in [-0.4, -0.2) is 52.1 Å². The van der Waals surface area contributed by atoms with Gasteiger partial charge in [-0.3, -0.25) is 9.59 Å². The summed E-state index contributed by atoms with van der Waals surface area (Å²) in [6.45, 7) is 0. The Hall–Kier alpha value is -3.08. The van der Waals surface area contributed by atoms with Crippen LogP contribution in [-0.2, 0) is 15.5 Å². The van der Waals surface area contributed by atoms with Gasteiger partial charge >= 0.3 is 5.92 Å². The molecule has 3 aromatic rings. The van der Waals surface area contributed by atoms with Crippen LogP contribution in [0.2, 0.25) is 0 Å². The van der Waals surface area contributed by atoms with E-state index in [-0.39, 0.29) is 29.8 Å². The van der Waals surface area contributed by atoms with Gasteiger partial charge in [0, 0.05) is 28.2 Å². The van der Waals surface area contributed by atoms with Gasteiger partial charge in [0.05, 0.1) is 6.10 Å². The van der Waals surface area contributed by atoms with Crippen molar-refractivity contribution in [2.24, 2.45) is 5.73 Å². The van der Waals surface area contributed by atoms with Crippen molar-refractivity contribution in [1.29, 1.82) is 0 Å². The minimum atomic E-state index is -3.74. The molecule has 1 saturated carbocycles. The van der Waals surface area contributed by atoms with Gasteiger partial charge in [-0.1, -0.05) is 46.3 Å². The summed E-state index contributed by atoms with van der Waals surface area (Å²) in [5.74, 6) is -4.92. The first-order chi connectivity index (χ1) is 20.6. The number of benzene rings is 3. The number of fused-ring (bicyclic) bond motifs is 3. The van der Waals surface area contributed by atoms with Gasteiger partial charge in [-0.15, -0.1) is 0 Å². The van der Waals surface area contributed by atoms with Crippen molar-refractivity contribution in [3.05, 3.63) is 76.3 Å². The van der Waals surface area contributed by atoms with Gasteiger partial charge in [0.1, 0.15) is 5.75 Å². The lowest BCUT2D eigenvalue weighted by Crippen LogP contribution is -2.61. The van der Waals surface area contributed by atoms with E-state index in [0.29, 0.717) is 30.2 Å². The second-order valence-corrected chi connectivity index (χ2v) is 13.0. The summed E-state index contributed by atoms with van der Waals surface area (Å²) in [6, 6.07) is 13.2. The number of piperidine rings is 1. The molecule has 2 amide bonds. The van der Waals surface area contributed by atoms with E-state index in [1.807, 2.05) is 18.2 Å². The summed E-state index contributed by atoms with van der Waals surface area (Å²) in [5.41, 5.74) is 5.98. The SMILES string of the molecule is NC1CC2CCC(C1)N2C(=O)[C@@H](NC(=O)[C@@H](O)c1ccc2cc(OC3CCCC3)ccc2c1)C(F)(F)c1ccc(Br)cc1. The second-order valence-electron chi connectivity index (χ2n) is 12.1. The van der Waals surface area contributed by atoms with E-state index < -0.39 is 35.4 Å². The Morgan fingerprint density at radius 1 is 0.953 bits per heavy atom. The van der Waals surface area contributed by atoms with E-state index in [1.165, 1.54) is 29.2 Å². The third kappa shape index (κ3) is 6.14. The van der Waals surface area contributed by atoms with Crippen LogP contribution in [0.25, 0.3) is 10.8 Å². The summed E-state index contributed by atoms with van der Waals surface area (Å²) in [6.07, 6.45) is 5.27. The quantitative estimate of drug-likeness (QED) is 0.288. The molecule has 2 bridgehead atoms. The molecule has 2 heterocycles. The van der Waals surface area contributed by atoms with Gasteiger partial charge in [0.15, 0.2) is 12.1 Å². The van der Waals surface area contributed by atoms with Crippen LogP contribution in [0.15, 0.2) is 65.1 Å². The molecule has 0 spiro atoms. The predicted octanol–water partition coefficient (Wildman–Crippen LogP) is 5.71.